The summed E-state index contributed by atoms with van der Waals surface area (Å²) in [6.45, 7) is 3.91. The summed E-state index contributed by atoms with van der Waals surface area (Å²) in [6.07, 6.45) is 5.93. The smallest absolute Gasteiger partial charge is 0.242 e. The Hall–Kier alpha value is -1.09. The van der Waals surface area contributed by atoms with E-state index < -0.39 is 10.0 Å². The van der Waals surface area contributed by atoms with E-state index in [0.29, 0.717) is 0 Å². The summed E-state index contributed by atoms with van der Waals surface area (Å²) in [5.74, 6) is 0.887. The summed E-state index contributed by atoms with van der Waals surface area (Å²) >= 11 is 1.72. The second-order valence-corrected chi connectivity index (χ2v) is 10.3. The highest BCUT2D eigenvalue weighted by Gasteiger charge is 2.21. The molecule has 0 N–H and O–H groups in total. The molecule has 0 bridgehead atoms. The summed E-state index contributed by atoms with van der Waals surface area (Å²) in [4.78, 5) is 5.06. The molecule has 27 heavy (non-hydrogen) atoms. The molecule has 1 aliphatic rings. The molecule has 1 aromatic carbocycles. The quantitative estimate of drug-likeness (QED) is 0.619. The SMILES string of the molecule is CCCCn1c(SCC2CCCCO2)nc2cc(S(=O)(=O)N(C)C)ccc21. The van der Waals surface area contributed by atoms with Crippen molar-refractivity contribution >= 4 is 32.8 Å². The van der Waals surface area contributed by atoms with E-state index in [1.165, 1.54) is 10.7 Å². The summed E-state index contributed by atoms with van der Waals surface area (Å²) < 4.78 is 34.2. The monoisotopic (exact) mass is 411 g/mol. The third-order valence-corrected chi connectivity index (χ3v) is 7.79. The maximum Gasteiger partial charge on any atom is 0.242 e. The number of hydrogen-bond donors (Lipinski definition) is 0. The lowest BCUT2D eigenvalue weighted by Gasteiger charge is -2.22. The number of hydrogen-bond acceptors (Lipinski definition) is 5. The molecular formula is C19H29N3O3S2. The number of aryl methyl sites for hydroxylation is 1. The highest BCUT2D eigenvalue weighted by molar-refractivity contribution is 7.99. The van der Waals surface area contributed by atoms with Gasteiger partial charge in [0.05, 0.1) is 22.0 Å². The Labute approximate surface area is 166 Å². The van der Waals surface area contributed by atoms with Crippen LogP contribution in [-0.4, -0.2) is 54.8 Å². The Bertz CT molecular complexity index is 872. The second kappa shape index (κ2) is 8.94. The number of thioether (sulfide) groups is 1. The molecule has 6 nitrogen and oxygen atoms in total. The van der Waals surface area contributed by atoms with Crippen molar-refractivity contribution < 1.29 is 13.2 Å². The van der Waals surface area contributed by atoms with Gasteiger partial charge in [-0.1, -0.05) is 25.1 Å². The van der Waals surface area contributed by atoms with E-state index in [4.69, 9.17) is 9.72 Å². The fourth-order valence-electron chi connectivity index (χ4n) is 3.21. The van der Waals surface area contributed by atoms with Gasteiger partial charge >= 0.3 is 0 Å². The Kier molecular flexibility index (Phi) is 6.83. The Morgan fingerprint density at radius 1 is 1.33 bits per heavy atom. The zero-order valence-corrected chi connectivity index (χ0v) is 18.0. The summed E-state index contributed by atoms with van der Waals surface area (Å²) in [5, 5.41) is 0.951. The molecular weight excluding hydrogens is 382 g/mol. The van der Waals surface area contributed by atoms with Crippen molar-refractivity contribution in [2.24, 2.45) is 0 Å². The fourth-order valence-corrected chi connectivity index (χ4v) is 5.24. The molecule has 1 aromatic heterocycles. The largest absolute Gasteiger partial charge is 0.377 e. The average molecular weight is 412 g/mol. The van der Waals surface area contributed by atoms with Gasteiger partial charge in [0, 0.05) is 33.0 Å². The first-order chi connectivity index (χ1) is 12.9. The highest BCUT2D eigenvalue weighted by Crippen LogP contribution is 2.29. The number of sulfonamides is 1. The summed E-state index contributed by atoms with van der Waals surface area (Å²) in [6, 6.07) is 5.25. The molecule has 0 radical (unpaired) electrons. The molecule has 2 heterocycles. The van der Waals surface area contributed by atoms with Crippen LogP contribution in [0.3, 0.4) is 0 Å². The number of imidazole rings is 1. The van der Waals surface area contributed by atoms with Crippen LogP contribution in [0.5, 0.6) is 0 Å². The van der Waals surface area contributed by atoms with E-state index >= 15 is 0 Å². The van der Waals surface area contributed by atoms with Gasteiger partial charge in [-0.15, -0.1) is 0 Å². The van der Waals surface area contributed by atoms with Gasteiger partial charge in [0.2, 0.25) is 10.0 Å². The molecule has 150 valence electrons. The first kappa shape index (κ1) is 20.6. The van der Waals surface area contributed by atoms with Crippen molar-refractivity contribution in [1.82, 2.24) is 13.9 Å². The van der Waals surface area contributed by atoms with Crippen molar-refractivity contribution in [3.8, 4) is 0 Å². The summed E-state index contributed by atoms with van der Waals surface area (Å²) in [7, 11) is -0.368. The number of benzene rings is 1. The predicted octanol–water partition coefficient (Wildman–Crippen LogP) is 3.75. The van der Waals surface area contributed by atoms with Crippen LogP contribution < -0.4 is 0 Å². The summed E-state index contributed by atoms with van der Waals surface area (Å²) in [5.41, 5.74) is 1.73. The minimum atomic E-state index is -3.46. The van der Waals surface area contributed by atoms with Crippen molar-refractivity contribution in [3.05, 3.63) is 18.2 Å². The zero-order valence-electron chi connectivity index (χ0n) is 16.3. The van der Waals surface area contributed by atoms with Crippen molar-refractivity contribution in [1.29, 1.82) is 0 Å². The van der Waals surface area contributed by atoms with Gasteiger partial charge in [0.1, 0.15) is 0 Å². The van der Waals surface area contributed by atoms with Crippen LogP contribution in [0.15, 0.2) is 28.3 Å². The van der Waals surface area contributed by atoms with E-state index in [9.17, 15) is 8.42 Å². The Morgan fingerprint density at radius 2 is 2.15 bits per heavy atom. The van der Waals surface area contributed by atoms with Crippen LogP contribution in [-0.2, 0) is 21.3 Å². The lowest BCUT2D eigenvalue weighted by Crippen LogP contribution is -2.22. The molecule has 0 amide bonds. The zero-order chi connectivity index (χ0) is 19.4. The van der Waals surface area contributed by atoms with Crippen LogP contribution in [0.25, 0.3) is 11.0 Å². The topological polar surface area (TPSA) is 64.4 Å². The fraction of sp³-hybridized carbons (Fsp3) is 0.632. The molecule has 0 aliphatic carbocycles. The Morgan fingerprint density at radius 3 is 2.81 bits per heavy atom. The van der Waals surface area contributed by atoms with E-state index in [0.717, 1.165) is 60.8 Å². The minimum Gasteiger partial charge on any atom is -0.377 e. The van der Waals surface area contributed by atoms with Crippen LogP contribution in [0.4, 0.5) is 0 Å². The van der Waals surface area contributed by atoms with Crippen LogP contribution in [0, 0.1) is 0 Å². The van der Waals surface area contributed by atoms with Crippen molar-refractivity contribution in [2.45, 2.75) is 61.7 Å². The molecule has 1 aliphatic heterocycles. The van der Waals surface area contributed by atoms with Crippen LogP contribution in [0.1, 0.15) is 39.0 Å². The lowest BCUT2D eigenvalue weighted by molar-refractivity contribution is 0.0315. The molecule has 1 saturated heterocycles. The molecule has 2 aromatic rings. The van der Waals surface area contributed by atoms with Crippen LogP contribution >= 0.6 is 11.8 Å². The molecule has 8 heteroatoms. The molecule has 3 rings (SSSR count). The van der Waals surface area contributed by atoms with Gasteiger partial charge in [0.25, 0.3) is 0 Å². The van der Waals surface area contributed by atoms with E-state index in [1.807, 2.05) is 6.07 Å². The number of fused-ring (bicyclic) bond motifs is 1. The van der Waals surface area contributed by atoms with Gasteiger partial charge in [-0.25, -0.2) is 17.7 Å². The Balaban J connectivity index is 1.90. The molecule has 1 unspecified atom stereocenters. The third kappa shape index (κ3) is 4.67. The van der Waals surface area contributed by atoms with Gasteiger partial charge in [-0.2, -0.15) is 0 Å². The maximum atomic E-state index is 12.4. The lowest BCUT2D eigenvalue weighted by atomic mass is 10.1. The number of rotatable bonds is 8. The number of aromatic nitrogens is 2. The third-order valence-electron chi connectivity index (χ3n) is 4.87. The highest BCUT2D eigenvalue weighted by atomic mass is 32.2. The number of ether oxygens (including phenoxy) is 1. The van der Waals surface area contributed by atoms with Crippen molar-refractivity contribution in [2.75, 3.05) is 26.5 Å². The average Bonchev–Trinajstić information content (AvgIpc) is 3.02. The number of unbranched alkanes of at least 4 members (excludes halogenated alkanes) is 1. The normalized spacial score (nSPS) is 18.4. The first-order valence-electron chi connectivity index (χ1n) is 9.60. The predicted molar refractivity (Wildman–Crippen MR) is 110 cm³/mol. The van der Waals surface area contributed by atoms with E-state index in [2.05, 4.69) is 11.5 Å². The molecule has 0 saturated carbocycles. The second-order valence-electron chi connectivity index (χ2n) is 7.14. The molecule has 1 atom stereocenters. The van der Waals surface area contributed by atoms with E-state index in [1.54, 1.807) is 38.0 Å². The van der Waals surface area contributed by atoms with Crippen molar-refractivity contribution in [3.63, 3.8) is 0 Å². The van der Waals surface area contributed by atoms with E-state index in [-0.39, 0.29) is 11.0 Å². The first-order valence-corrected chi connectivity index (χ1v) is 12.0. The van der Waals surface area contributed by atoms with Gasteiger partial charge in [0.15, 0.2) is 5.16 Å². The van der Waals surface area contributed by atoms with Gasteiger partial charge in [-0.3, -0.25) is 0 Å². The molecule has 0 spiro atoms. The van der Waals surface area contributed by atoms with Gasteiger partial charge in [-0.05, 0) is 43.9 Å². The molecule has 1 fully saturated rings. The van der Waals surface area contributed by atoms with Crippen LogP contribution in [0.2, 0.25) is 0 Å². The maximum absolute atomic E-state index is 12.4. The minimum absolute atomic E-state index is 0.285. The number of nitrogens with zero attached hydrogens (tertiary/aromatic N) is 3. The van der Waals surface area contributed by atoms with Gasteiger partial charge < -0.3 is 9.30 Å². The standard InChI is InChI=1S/C19H29N3O3S2/c1-4-5-11-22-18-10-9-16(27(23,24)21(2)3)13-17(18)20-19(22)26-14-15-8-6-7-12-25-15/h9-10,13,15H,4-8,11-12,14H2,1-3H3.